The van der Waals surface area contributed by atoms with Crippen LogP contribution in [0.25, 0.3) is 10.9 Å². The van der Waals surface area contributed by atoms with Gasteiger partial charge < -0.3 is 15.0 Å². The highest BCUT2D eigenvalue weighted by Gasteiger charge is 2.23. The molecule has 1 aliphatic rings. The van der Waals surface area contributed by atoms with Crippen LogP contribution in [0.4, 0.5) is 0 Å². The molecule has 112 valence electrons. The summed E-state index contributed by atoms with van der Waals surface area (Å²) in [6.45, 7) is 8.21. The zero-order valence-corrected chi connectivity index (χ0v) is 12.6. The normalized spacial score (nSPS) is 17.8. The summed E-state index contributed by atoms with van der Waals surface area (Å²) in [6, 6.07) is 6.58. The Labute approximate surface area is 125 Å². The predicted molar refractivity (Wildman–Crippen MR) is 86.8 cm³/mol. The van der Waals surface area contributed by atoms with E-state index in [9.17, 15) is 0 Å². The van der Waals surface area contributed by atoms with Gasteiger partial charge in [-0.05, 0) is 30.2 Å². The molecule has 0 amide bonds. The van der Waals surface area contributed by atoms with Gasteiger partial charge >= 0.3 is 0 Å². The smallest absolute Gasteiger partial charge is 0.119 e. The first-order valence-corrected chi connectivity index (χ1v) is 7.54. The Morgan fingerprint density at radius 2 is 2.19 bits per heavy atom. The van der Waals surface area contributed by atoms with Crippen LogP contribution in [0, 0.1) is 0 Å². The van der Waals surface area contributed by atoms with Crippen LogP contribution in [-0.4, -0.2) is 43.2 Å². The Hall–Kier alpha value is -1.78. The number of benzene rings is 1. The van der Waals surface area contributed by atoms with Crippen molar-refractivity contribution >= 4 is 10.9 Å². The summed E-state index contributed by atoms with van der Waals surface area (Å²) < 4.78 is 5.37. The van der Waals surface area contributed by atoms with Gasteiger partial charge in [0, 0.05) is 49.3 Å². The van der Waals surface area contributed by atoms with E-state index < -0.39 is 0 Å². The fourth-order valence-electron chi connectivity index (χ4n) is 3.15. The lowest BCUT2D eigenvalue weighted by molar-refractivity contribution is 0.175. The number of piperazine rings is 1. The summed E-state index contributed by atoms with van der Waals surface area (Å²) >= 11 is 0. The minimum atomic E-state index is 0.380. The van der Waals surface area contributed by atoms with E-state index in [1.165, 1.54) is 10.9 Å². The predicted octanol–water partition coefficient (Wildman–Crippen LogP) is 2.70. The third-order valence-electron chi connectivity index (χ3n) is 4.26. The molecular weight excluding hydrogens is 262 g/mol. The van der Waals surface area contributed by atoms with E-state index in [4.69, 9.17) is 4.74 Å². The van der Waals surface area contributed by atoms with E-state index in [2.05, 4.69) is 40.1 Å². The van der Waals surface area contributed by atoms with Crippen LogP contribution in [0.3, 0.4) is 0 Å². The maximum Gasteiger partial charge on any atom is 0.119 e. The summed E-state index contributed by atoms with van der Waals surface area (Å²) in [5.74, 6) is 0.904. The summed E-state index contributed by atoms with van der Waals surface area (Å²) in [5.41, 5.74) is 2.50. The zero-order valence-electron chi connectivity index (χ0n) is 12.6. The van der Waals surface area contributed by atoms with Crippen molar-refractivity contribution in [3.63, 3.8) is 0 Å². The quantitative estimate of drug-likeness (QED) is 0.830. The summed E-state index contributed by atoms with van der Waals surface area (Å²) in [7, 11) is 1.71. The molecule has 4 nitrogen and oxygen atoms in total. The second kappa shape index (κ2) is 6.33. The SMILES string of the molecule is C=CC[C@@H](c1c[nH]c2ccc(OC)cc12)N1CCNCC1. The van der Waals surface area contributed by atoms with Crippen molar-refractivity contribution < 1.29 is 4.74 Å². The number of nitrogens with zero attached hydrogens (tertiary/aromatic N) is 1. The first-order valence-electron chi connectivity index (χ1n) is 7.54. The van der Waals surface area contributed by atoms with Crippen molar-refractivity contribution in [3.8, 4) is 5.75 Å². The number of aromatic amines is 1. The van der Waals surface area contributed by atoms with E-state index in [0.29, 0.717) is 6.04 Å². The Morgan fingerprint density at radius 1 is 1.38 bits per heavy atom. The monoisotopic (exact) mass is 285 g/mol. The van der Waals surface area contributed by atoms with Gasteiger partial charge in [-0.25, -0.2) is 0 Å². The van der Waals surface area contributed by atoms with Gasteiger partial charge in [-0.15, -0.1) is 6.58 Å². The molecule has 0 aliphatic carbocycles. The molecule has 1 aromatic heterocycles. The van der Waals surface area contributed by atoms with Crippen LogP contribution in [-0.2, 0) is 0 Å². The molecule has 2 N–H and O–H groups in total. The fraction of sp³-hybridized carbons (Fsp3) is 0.412. The molecule has 0 saturated carbocycles. The minimum absolute atomic E-state index is 0.380. The minimum Gasteiger partial charge on any atom is -0.497 e. The first kappa shape index (κ1) is 14.2. The molecule has 0 spiro atoms. The van der Waals surface area contributed by atoms with E-state index in [1.807, 2.05) is 12.1 Å². The van der Waals surface area contributed by atoms with Gasteiger partial charge in [-0.1, -0.05) is 6.08 Å². The Kier molecular flexibility index (Phi) is 4.27. The summed E-state index contributed by atoms with van der Waals surface area (Å²) in [4.78, 5) is 5.93. The average Bonchev–Trinajstić information content (AvgIpc) is 2.96. The molecule has 2 aromatic rings. The zero-order chi connectivity index (χ0) is 14.7. The van der Waals surface area contributed by atoms with Crippen molar-refractivity contribution in [2.75, 3.05) is 33.3 Å². The van der Waals surface area contributed by atoms with E-state index in [0.717, 1.165) is 43.9 Å². The van der Waals surface area contributed by atoms with Crippen LogP contribution >= 0.6 is 0 Å². The van der Waals surface area contributed by atoms with Gasteiger partial charge in [0.15, 0.2) is 0 Å². The Balaban J connectivity index is 1.99. The molecule has 0 radical (unpaired) electrons. The highest BCUT2D eigenvalue weighted by atomic mass is 16.5. The number of methoxy groups -OCH3 is 1. The Morgan fingerprint density at radius 3 is 2.90 bits per heavy atom. The van der Waals surface area contributed by atoms with Gasteiger partial charge in [0.05, 0.1) is 7.11 Å². The van der Waals surface area contributed by atoms with Crippen LogP contribution in [0.1, 0.15) is 18.0 Å². The molecule has 0 unspecified atom stereocenters. The number of aromatic nitrogens is 1. The lowest BCUT2D eigenvalue weighted by atomic mass is 10.0. The molecule has 1 atom stereocenters. The van der Waals surface area contributed by atoms with Gasteiger partial charge in [-0.3, -0.25) is 4.90 Å². The van der Waals surface area contributed by atoms with Crippen LogP contribution in [0.2, 0.25) is 0 Å². The van der Waals surface area contributed by atoms with E-state index in [1.54, 1.807) is 7.11 Å². The van der Waals surface area contributed by atoms with E-state index in [-0.39, 0.29) is 0 Å². The number of ether oxygens (including phenoxy) is 1. The highest BCUT2D eigenvalue weighted by Crippen LogP contribution is 2.33. The standard InChI is InChI=1S/C17H23N3O/c1-3-4-17(20-9-7-18-8-10-20)15-12-19-16-6-5-13(21-2)11-14(15)16/h3,5-6,11-12,17-19H,1,4,7-10H2,2H3/t17-/m0/s1. The number of rotatable bonds is 5. The molecule has 1 fully saturated rings. The molecule has 1 saturated heterocycles. The third kappa shape index (κ3) is 2.82. The van der Waals surface area contributed by atoms with Gasteiger partial charge in [0.1, 0.15) is 5.75 Å². The molecular formula is C17H23N3O. The van der Waals surface area contributed by atoms with Gasteiger partial charge in [-0.2, -0.15) is 0 Å². The summed E-state index contributed by atoms with van der Waals surface area (Å²) in [6.07, 6.45) is 5.12. The topological polar surface area (TPSA) is 40.3 Å². The van der Waals surface area contributed by atoms with Crippen molar-refractivity contribution in [1.29, 1.82) is 0 Å². The fourth-order valence-corrected chi connectivity index (χ4v) is 3.15. The lowest BCUT2D eigenvalue weighted by Crippen LogP contribution is -2.45. The van der Waals surface area contributed by atoms with Gasteiger partial charge in [0.2, 0.25) is 0 Å². The second-order valence-electron chi connectivity index (χ2n) is 5.48. The number of hydrogen-bond donors (Lipinski definition) is 2. The molecule has 1 aromatic carbocycles. The maximum atomic E-state index is 5.37. The molecule has 4 heteroatoms. The molecule has 0 bridgehead atoms. The molecule has 1 aliphatic heterocycles. The first-order chi connectivity index (χ1) is 10.3. The Bertz CT molecular complexity index is 614. The second-order valence-corrected chi connectivity index (χ2v) is 5.48. The lowest BCUT2D eigenvalue weighted by Gasteiger charge is -2.34. The average molecular weight is 285 g/mol. The number of nitrogens with one attached hydrogen (secondary N) is 2. The highest BCUT2D eigenvalue weighted by molar-refractivity contribution is 5.85. The van der Waals surface area contributed by atoms with Crippen molar-refractivity contribution in [3.05, 3.63) is 42.6 Å². The summed E-state index contributed by atoms with van der Waals surface area (Å²) in [5, 5.41) is 4.67. The van der Waals surface area contributed by atoms with Crippen molar-refractivity contribution in [1.82, 2.24) is 15.2 Å². The largest absolute Gasteiger partial charge is 0.497 e. The number of hydrogen-bond acceptors (Lipinski definition) is 3. The van der Waals surface area contributed by atoms with Crippen molar-refractivity contribution in [2.24, 2.45) is 0 Å². The van der Waals surface area contributed by atoms with Crippen molar-refractivity contribution in [2.45, 2.75) is 12.5 Å². The van der Waals surface area contributed by atoms with Crippen LogP contribution in [0.5, 0.6) is 5.75 Å². The van der Waals surface area contributed by atoms with Crippen LogP contribution < -0.4 is 10.1 Å². The maximum absolute atomic E-state index is 5.37. The van der Waals surface area contributed by atoms with Gasteiger partial charge in [0.25, 0.3) is 0 Å². The molecule has 21 heavy (non-hydrogen) atoms. The molecule has 3 rings (SSSR count). The molecule has 2 heterocycles. The van der Waals surface area contributed by atoms with E-state index >= 15 is 0 Å². The third-order valence-corrected chi connectivity index (χ3v) is 4.26. The number of fused-ring (bicyclic) bond motifs is 1. The van der Waals surface area contributed by atoms with Crippen LogP contribution in [0.15, 0.2) is 37.1 Å². The number of H-pyrrole nitrogens is 1.